The zero-order chi connectivity index (χ0) is 11.5. The van der Waals surface area contributed by atoms with E-state index in [9.17, 15) is 0 Å². The molecule has 0 aliphatic carbocycles. The number of halogens is 2. The van der Waals surface area contributed by atoms with E-state index in [2.05, 4.69) is 54.8 Å². The molecule has 0 radical (unpaired) electrons. The van der Waals surface area contributed by atoms with Crippen molar-refractivity contribution in [1.29, 1.82) is 0 Å². The molecule has 1 aromatic carbocycles. The lowest BCUT2D eigenvalue weighted by Gasteiger charge is -2.12. The van der Waals surface area contributed by atoms with Gasteiger partial charge < -0.3 is 4.74 Å². The molecule has 0 aliphatic heterocycles. The minimum Gasteiger partial charge on any atom is -0.497 e. The Kier molecular flexibility index (Phi) is 4.05. The minimum atomic E-state index is 0.221. The van der Waals surface area contributed by atoms with Gasteiger partial charge in [0.25, 0.3) is 0 Å². The van der Waals surface area contributed by atoms with Crippen LogP contribution in [0.4, 0.5) is 0 Å². The fraction of sp³-hybridized carbons (Fsp3) is 0.167. The molecule has 1 nitrogen and oxygen atoms in total. The van der Waals surface area contributed by atoms with Gasteiger partial charge in [-0.15, -0.1) is 0 Å². The summed E-state index contributed by atoms with van der Waals surface area (Å²) in [5.41, 5.74) is 2.48. The molecule has 2 aromatic rings. The summed E-state index contributed by atoms with van der Waals surface area (Å²) in [5, 5.41) is 4.23. The van der Waals surface area contributed by atoms with Gasteiger partial charge in [-0.3, -0.25) is 0 Å². The largest absolute Gasteiger partial charge is 0.497 e. The summed E-state index contributed by atoms with van der Waals surface area (Å²) in [7, 11) is 1.67. The molecule has 0 saturated carbocycles. The van der Waals surface area contributed by atoms with E-state index >= 15 is 0 Å². The van der Waals surface area contributed by atoms with Crippen LogP contribution in [-0.4, -0.2) is 7.11 Å². The average Bonchev–Trinajstić information content (AvgIpc) is 2.81. The van der Waals surface area contributed by atoms with Crippen molar-refractivity contribution < 1.29 is 4.74 Å². The summed E-state index contributed by atoms with van der Waals surface area (Å²) in [6.45, 7) is 0. The van der Waals surface area contributed by atoms with Gasteiger partial charge in [-0.2, -0.15) is 11.3 Å². The fourth-order valence-electron chi connectivity index (χ4n) is 1.44. The molecule has 1 aromatic heterocycles. The molecule has 0 saturated heterocycles. The van der Waals surface area contributed by atoms with Crippen LogP contribution in [0.1, 0.15) is 16.0 Å². The molecule has 1 heterocycles. The maximum atomic E-state index is 5.18. The van der Waals surface area contributed by atoms with Crippen molar-refractivity contribution in [3.63, 3.8) is 0 Å². The van der Waals surface area contributed by atoms with Crippen LogP contribution in [-0.2, 0) is 0 Å². The molecule has 1 atom stereocenters. The van der Waals surface area contributed by atoms with E-state index in [4.69, 9.17) is 4.74 Å². The number of thiophene rings is 1. The van der Waals surface area contributed by atoms with Crippen molar-refractivity contribution in [2.75, 3.05) is 7.11 Å². The lowest BCUT2D eigenvalue weighted by Crippen LogP contribution is -1.93. The van der Waals surface area contributed by atoms with Crippen molar-refractivity contribution in [3.8, 4) is 5.75 Å². The molecular formula is C12H10Br2OS. The highest BCUT2D eigenvalue weighted by molar-refractivity contribution is 9.11. The van der Waals surface area contributed by atoms with Crippen molar-refractivity contribution in [2.45, 2.75) is 4.83 Å². The second kappa shape index (κ2) is 5.34. The number of rotatable bonds is 3. The lowest BCUT2D eigenvalue weighted by molar-refractivity contribution is 0.414. The van der Waals surface area contributed by atoms with E-state index < -0.39 is 0 Å². The Hall–Kier alpha value is -0.320. The highest BCUT2D eigenvalue weighted by atomic mass is 79.9. The Morgan fingerprint density at radius 3 is 2.69 bits per heavy atom. The summed E-state index contributed by atoms with van der Waals surface area (Å²) in [6.07, 6.45) is 0. The quantitative estimate of drug-likeness (QED) is 0.698. The number of hydrogen-bond acceptors (Lipinski definition) is 2. The molecule has 16 heavy (non-hydrogen) atoms. The highest BCUT2D eigenvalue weighted by Crippen LogP contribution is 2.37. The number of ether oxygens (including phenoxy) is 1. The first-order valence-corrected chi connectivity index (χ1v) is 7.37. The monoisotopic (exact) mass is 360 g/mol. The summed E-state index contributed by atoms with van der Waals surface area (Å²) >= 11 is 8.98. The Balaban J connectivity index is 2.34. The van der Waals surface area contributed by atoms with Crippen LogP contribution in [0.2, 0.25) is 0 Å². The van der Waals surface area contributed by atoms with Crippen molar-refractivity contribution in [2.24, 2.45) is 0 Å². The van der Waals surface area contributed by atoms with Gasteiger partial charge in [0.1, 0.15) is 5.75 Å². The van der Waals surface area contributed by atoms with E-state index in [-0.39, 0.29) is 4.83 Å². The van der Waals surface area contributed by atoms with Crippen LogP contribution in [0, 0.1) is 0 Å². The van der Waals surface area contributed by atoms with E-state index in [0.29, 0.717) is 0 Å². The molecule has 0 aliphatic rings. The van der Waals surface area contributed by atoms with E-state index in [0.717, 1.165) is 10.2 Å². The van der Waals surface area contributed by atoms with Crippen molar-refractivity contribution in [1.82, 2.24) is 0 Å². The number of hydrogen-bond donors (Lipinski definition) is 0. The van der Waals surface area contributed by atoms with E-state index in [1.807, 2.05) is 12.1 Å². The molecule has 1 unspecified atom stereocenters. The topological polar surface area (TPSA) is 9.23 Å². The van der Waals surface area contributed by atoms with Gasteiger partial charge in [0.05, 0.1) is 11.9 Å². The first kappa shape index (κ1) is 12.1. The standard InChI is InChI=1S/C12H10Br2OS/c1-15-9-2-3-10(11(13)6-9)12(14)8-4-5-16-7-8/h2-7,12H,1H3. The van der Waals surface area contributed by atoms with E-state index in [1.54, 1.807) is 18.4 Å². The number of alkyl halides is 1. The molecule has 0 bridgehead atoms. The first-order chi connectivity index (χ1) is 7.72. The third-order valence-corrected chi connectivity index (χ3v) is 4.73. The molecular weight excluding hydrogens is 352 g/mol. The second-order valence-corrected chi connectivity index (χ2v) is 5.86. The first-order valence-electron chi connectivity index (χ1n) is 4.72. The molecule has 4 heteroatoms. The molecule has 0 N–H and O–H groups in total. The van der Waals surface area contributed by atoms with Crippen LogP contribution in [0.5, 0.6) is 5.75 Å². The smallest absolute Gasteiger partial charge is 0.120 e. The molecule has 0 spiro atoms. The van der Waals surface area contributed by atoms with Gasteiger partial charge in [0.2, 0.25) is 0 Å². The number of benzene rings is 1. The van der Waals surface area contributed by atoms with Crippen LogP contribution < -0.4 is 4.74 Å². The van der Waals surface area contributed by atoms with Crippen molar-refractivity contribution >= 4 is 43.2 Å². The summed E-state index contributed by atoms with van der Waals surface area (Å²) in [4.78, 5) is 0.221. The van der Waals surface area contributed by atoms with Crippen LogP contribution in [0.15, 0.2) is 39.5 Å². The van der Waals surface area contributed by atoms with Gasteiger partial charge >= 0.3 is 0 Å². The minimum absolute atomic E-state index is 0.221. The normalized spacial score (nSPS) is 12.4. The average molecular weight is 362 g/mol. The Morgan fingerprint density at radius 2 is 2.12 bits per heavy atom. The Morgan fingerprint density at radius 1 is 1.31 bits per heavy atom. The molecule has 0 amide bonds. The van der Waals surface area contributed by atoms with Crippen LogP contribution in [0.25, 0.3) is 0 Å². The van der Waals surface area contributed by atoms with Crippen LogP contribution in [0.3, 0.4) is 0 Å². The molecule has 0 fully saturated rings. The third-order valence-electron chi connectivity index (χ3n) is 2.32. The highest BCUT2D eigenvalue weighted by Gasteiger charge is 2.14. The van der Waals surface area contributed by atoms with Gasteiger partial charge in [0.15, 0.2) is 0 Å². The summed E-state index contributed by atoms with van der Waals surface area (Å²) in [6, 6.07) is 8.15. The number of methoxy groups -OCH3 is 1. The maximum absolute atomic E-state index is 5.18. The summed E-state index contributed by atoms with van der Waals surface area (Å²) in [5.74, 6) is 0.862. The van der Waals surface area contributed by atoms with Crippen molar-refractivity contribution in [3.05, 3.63) is 50.6 Å². The second-order valence-electron chi connectivity index (χ2n) is 3.31. The summed E-state index contributed by atoms with van der Waals surface area (Å²) < 4.78 is 6.23. The van der Waals surface area contributed by atoms with Gasteiger partial charge in [-0.05, 0) is 40.1 Å². The van der Waals surface area contributed by atoms with Gasteiger partial charge in [-0.1, -0.05) is 37.9 Å². The predicted octanol–water partition coefficient (Wildman–Crippen LogP) is 5.00. The van der Waals surface area contributed by atoms with Gasteiger partial charge in [-0.25, -0.2) is 0 Å². The predicted molar refractivity (Wildman–Crippen MR) is 75.8 cm³/mol. The zero-order valence-corrected chi connectivity index (χ0v) is 12.6. The lowest BCUT2D eigenvalue weighted by atomic mass is 10.1. The van der Waals surface area contributed by atoms with E-state index in [1.165, 1.54) is 11.1 Å². The maximum Gasteiger partial charge on any atom is 0.120 e. The van der Waals surface area contributed by atoms with Crippen LogP contribution >= 0.6 is 43.2 Å². The fourth-order valence-corrected chi connectivity index (χ4v) is 3.88. The zero-order valence-electron chi connectivity index (χ0n) is 8.61. The Labute approximate surface area is 116 Å². The Bertz CT molecular complexity index is 468. The molecule has 2 rings (SSSR count). The van der Waals surface area contributed by atoms with Gasteiger partial charge in [0, 0.05) is 4.47 Å². The molecule has 84 valence electrons. The SMILES string of the molecule is COc1ccc(C(Br)c2ccsc2)c(Br)c1. The third kappa shape index (κ3) is 2.50.